The molecule has 3 atom stereocenters. The lowest BCUT2D eigenvalue weighted by atomic mass is 9.64. The number of rotatable bonds is 3. The molecule has 2 aromatic heterocycles. The number of nitrogens with one attached hydrogen (secondary N) is 1. The van der Waals surface area contributed by atoms with Gasteiger partial charge >= 0.3 is 12.2 Å². The average Bonchev–Trinajstić information content (AvgIpc) is 3.35. The molecule has 33 heavy (non-hydrogen) atoms. The first-order valence-corrected chi connectivity index (χ1v) is 10.6. The summed E-state index contributed by atoms with van der Waals surface area (Å²) >= 11 is 0. The third-order valence-electron chi connectivity index (χ3n) is 6.33. The summed E-state index contributed by atoms with van der Waals surface area (Å²) in [6.45, 7) is 5.42. The second-order valence-corrected chi connectivity index (χ2v) is 8.91. The molecule has 0 aliphatic carbocycles. The molecule has 2 aliphatic rings. The van der Waals surface area contributed by atoms with E-state index in [2.05, 4.69) is 27.4 Å². The Morgan fingerprint density at radius 1 is 1.24 bits per heavy atom. The molecule has 174 valence electrons. The van der Waals surface area contributed by atoms with E-state index < -0.39 is 23.3 Å². The number of benzene rings is 1. The highest BCUT2D eigenvalue weighted by Gasteiger charge is 2.62. The van der Waals surface area contributed by atoms with Gasteiger partial charge in [0.15, 0.2) is 0 Å². The van der Waals surface area contributed by atoms with Gasteiger partial charge in [0, 0.05) is 25.1 Å². The number of oxazole rings is 1. The van der Waals surface area contributed by atoms with E-state index in [1.165, 1.54) is 18.4 Å². The highest BCUT2D eigenvalue weighted by atomic mass is 19.4. The summed E-state index contributed by atoms with van der Waals surface area (Å²) in [5.74, 6) is 1.01. The number of carbonyl (C=O) groups excluding carboxylic acids is 1. The Labute approximate surface area is 187 Å². The van der Waals surface area contributed by atoms with Gasteiger partial charge in [-0.15, -0.1) is 10.2 Å². The Kier molecular flexibility index (Phi) is 4.77. The maximum Gasteiger partial charge on any atom is 0.417 e. The number of hydrogen-bond donors (Lipinski definition) is 1. The summed E-state index contributed by atoms with van der Waals surface area (Å²) in [6.07, 6.45) is -1.12. The lowest BCUT2D eigenvalue weighted by molar-refractivity contribution is -0.137. The minimum absolute atomic E-state index is 0.00994. The first-order chi connectivity index (χ1) is 15.6. The van der Waals surface area contributed by atoms with Crippen molar-refractivity contribution in [3.63, 3.8) is 0 Å². The van der Waals surface area contributed by atoms with Crippen LogP contribution in [0.25, 0.3) is 11.5 Å². The molecule has 0 spiro atoms. The lowest BCUT2D eigenvalue weighted by Gasteiger charge is -2.61. The number of piperidine rings is 1. The molecule has 1 N–H and O–H groups in total. The molecule has 2 amide bonds. The van der Waals surface area contributed by atoms with Gasteiger partial charge in [0.1, 0.15) is 11.8 Å². The average molecular weight is 461 g/mol. The predicted octanol–water partition coefficient (Wildman–Crippen LogP) is 5.29. The van der Waals surface area contributed by atoms with Gasteiger partial charge in [0.05, 0.1) is 16.8 Å². The number of hydrogen-bond acceptors (Lipinski definition) is 6. The number of urea groups is 1. The molecule has 3 aromatic rings. The molecular weight excluding hydrogens is 439 g/mol. The molecule has 1 aromatic carbocycles. The third kappa shape index (κ3) is 3.55. The van der Waals surface area contributed by atoms with Crippen LogP contribution in [0.1, 0.15) is 49.2 Å². The number of fused-ring (bicyclic) bond motifs is 2. The van der Waals surface area contributed by atoms with Gasteiger partial charge in [-0.1, -0.05) is 6.92 Å². The van der Waals surface area contributed by atoms with Crippen LogP contribution in [0.2, 0.25) is 0 Å². The van der Waals surface area contributed by atoms with Gasteiger partial charge in [-0.2, -0.15) is 13.2 Å². The number of aromatic nitrogens is 3. The van der Waals surface area contributed by atoms with Crippen molar-refractivity contribution in [1.82, 2.24) is 20.1 Å². The molecule has 0 saturated carbocycles. The van der Waals surface area contributed by atoms with E-state index in [9.17, 15) is 18.0 Å². The van der Waals surface area contributed by atoms with Crippen molar-refractivity contribution in [3.05, 3.63) is 47.5 Å². The quantitative estimate of drug-likeness (QED) is 0.569. The number of amides is 2. The van der Waals surface area contributed by atoms with Crippen LogP contribution in [-0.2, 0) is 11.7 Å². The monoisotopic (exact) mass is 461 g/mol. The van der Waals surface area contributed by atoms with E-state index in [4.69, 9.17) is 8.83 Å². The molecule has 2 saturated heterocycles. The van der Waals surface area contributed by atoms with Gasteiger partial charge in [0.2, 0.25) is 17.7 Å². The van der Waals surface area contributed by atoms with Gasteiger partial charge in [-0.25, -0.2) is 9.78 Å². The fourth-order valence-electron chi connectivity index (χ4n) is 5.14. The van der Waals surface area contributed by atoms with Crippen LogP contribution in [0.4, 0.5) is 23.7 Å². The number of anilines is 1. The van der Waals surface area contributed by atoms with Crippen molar-refractivity contribution in [1.29, 1.82) is 0 Å². The van der Waals surface area contributed by atoms with Crippen LogP contribution in [0.15, 0.2) is 33.3 Å². The number of alkyl halides is 3. The van der Waals surface area contributed by atoms with Crippen molar-refractivity contribution in [3.8, 4) is 11.5 Å². The maximum atomic E-state index is 13.6. The van der Waals surface area contributed by atoms with Gasteiger partial charge in [-0.3, -0.25) is 0 Å². The summed E-state index contributed by atoms with van der Waals surface area (Å²) in [4.78, 5) is 19.0. The van der Waals surface area contributed by atoms with Crippen molar-refractivity contribution >= 4 is 11.7 Å². The maximum absolute atomic E-state index is 13.6. The SMILES string of the molecule is Cc1coc(-c2cc(NC(=O)N3[C@H]4C[C@@H](C)C[C@]3(c3nnc(C)o3)C4)ccc2C(F)(F)F)n1. The summed E-state index contributed by atoms with van der Waals surface area (Å²) in [5.41, 5.74) is -1.19. The Bertz CT molecular complexity index is 1220. The number of carbonyl (C=O) groups is 1. The molecule has 2 fully saturated rings. The molecule has 0 radical (unpaired) electrons. The fourth-order valence-corrected chi connectivity index (χ4v) is 5.14. The Balaban J connectivity index is 1.46. The number of halogens is 3. The van der Waals surface area contributed by atoms with E-state index in [-0.39, 0.29) is 23.2 Å². The Morgan fingerprint density at radius 2 is 2.03 bits per heavy atom. The predicted molar refractivity (Wildman–Crippen MR) is 110 cm³/mol. The van der Waals surface area contributed by atoms with Crippen molar-refractivity contribution in [2.75, 3.05) is 5.32 Å². The summed E-state index contributed by atoms with van der Waals surface area (Å²) in [5, 5.41) is 10.8. The number of aryl methyl sites for hydroxylation is 2. The van der Waals surface area contributed by atoms with Crippen LogP contribution >= 0.6 is 0 Å². The largest absolute Gasteiger partial charge is 0.444 e. The molecule has 0 unspecified atom stereocenters. The van der Waals surface area contributed by atoms with Crippen LogP contribution < -0.4 is 5.32 Å². The fraction of sp³-hybridized carbons (Fsp3) is 0.455. The van der Waals surface area contributed by atoms with E-state index in [1.54, 1.807) is 18.7 Å². The molecule has 8 nitrogen and oxygen atoms in total. The first-order valence-electron chi connectivity index (χ1n) is 10.6. The van der Waals surface area contributed by atoms with Gasteiger partial charge in [-0.05, 0) is 43.9 Å². The summed E-state index contributed by atoms with van der Waals surface area (Å²) in [7, 11) is 0. The molecule has 4 heterocycles. The molecule has 2 bridgehead atoms. The minimum atomic E-state index is -4.61. The highest BCUT2D eigenvalue weighted by Crippen LogP contribution is 2.55. The zero-order valence-corrected chi connectivity index (χ0v) is 18.2. The third-order valence-corrected chi connectivity index (χ3v) is 6.33. The standard InChI is InChI=1S/C22H22F3N5O3/c1-11-6-15-9-21(8-11,19-29-28-13(3)33-19)30(15)20(31)27-14-4-5-17(22(23,24)25)16(7-14)18-26-12(2)10-32-18/h4-5,7,10-11,15H,6,8-9H2,1-3H3,(H,27,31)/t11-,15+,21-/m1/s1. The Hall–Kier alpha value is -3.37. The Morgan fingerprint density at radius 3 is 2.67 bits per heavy atom. The summed E-state index contributed by atoms with van der Waals surface area (Å²) in [6, 6.07) is 2.93. The summed E-state index contributed by atoms with van der Waals surface area (Å²) < 4.78 is 51.6. The lowest BCUT2D eigenvalue weighted by Crippen LogP contribution is -2.70. The minimum Gasteiger partial charge on any atom is -0.444 e. The molecular formula is C22H22F3N5O3. The normalized spacial score (nSPS) is 24.5. The second kappa shape index (κ2) is 7.32. The number of nitrogens with zero attached hydrogens (tertiary/aromatic N) is 4. The molecule has 2 aliphatic heterocycles. The van der Waals surface area contributed by atoms with E-state index in [0.29, 0.717) is 36.2 Å². The highest BCUT2D eigenvalue weighted by molar-refractivity contribution is 5.92. The van der Waals surface area contributed by atoms with Gasteiger partial charge in [0.25, 0.3) is 0 Å². The first kappa shape index (κ1) is 21.5. The van der Waals surface area contributed by atoms with Crippen molar-refractivity contribution in [2.45, 2.75) is 57.8 Å². The molecule has 5 rings (SSSR count). The van der Waals surface area contributed by atoms with Crippen LogP contribution in [0.3, 0.4) is 0 Å². The smallest absolute Gasteiger partial charge is 0.417 e. The van der Waals surface area contributed by atoms with Crippen molar-refractivity contribution in [2.24, 2.45) is 5.92 Å². The van der Waals surface area contributed by atoms with Crippen molar-refractivity contribution < 1.29 is 26.8 Å². The van der Waals surface area contributed by atoms with Crippen LogP contribution in [0, 0.1) is 19.8 Å². The topological polar surface area (TPSA) is 97.3 Å². The second-order valence-electron chi connectivity index (χ2n) is 8.91. The molecule has 11 heteroatoms. The van der Waals surface area contributed by atoms with Crippen LogP contribution in [0.5, 0.6) is 0 Å². The van der Waals surface area contributed by atoms with E-state index in [1.807, 2.05) is 0 Å². The zero-order valence-electron chi connectivity index (χ0n) is 18.2. The van der Waals surface area contributed by atoms with Crippen LogP contribution in [-0.4, -0.2) is 32.2 Å². The van der Waals surface area contributed by atoms with E-state index in [0.717, 1.165) is 12.5 Å². The zero-order chi connectivity index (χ0) is 23.5. The van der Waals surface area contributed by atoms with E-state index >= 15 is 0 Å². The van der Waals surface area contributed by atoms with Gasteiger partial charge < -0.3 is 19.1 Å².